The van der Waals surface area contributed by atoms with E-state index in [9.17, 15) is 19.0 Å². The zero-order valence-electron chi connectivity index (χ0n) is 48.1. The fourth-order valence-electron chi connectivity index (χ4n) is 8.78. The van der Waals surface area contributed by atoms with E-state index in [0.29, 0.717) is 6.42 Å². The van der Waals surface area contributed by atoms with Crippen LogP contribution in [0.5, 0.6) is 0 Å². The summed E-state index contributed by atoms with van der Waals surface area (Å²) in [7, 11) is -4.39. The number of carbonyl (C=O) groups excluding carboxylic acids is 2. The highest BCUT2D eigenvalue weighted by Crippen LogP contribution is 2.43. The number of allylic oxidation sites excluding steroid dienone is 12. The molecule has 2 atom stereocenters. The van der Waals surface area contributed by atoms with Crippen LogP contribution in [0.2, 0.25) is 0 Å². The highest BCUT2D eigenvalue weighted by Gasteiger charge is 2.26. The number of nitrogens with two attached hydrogens (primary N) is 1. The van der Waals surface area contributed by atoms with E-state index < -0.39 is 26.5 Å². The van der Waals surface area contributed by atoms with Gasteiger partial charge in [-0.25, -0.2) is 4.57 Å². The zero-order chi connectivity index (χ0) is 53.8. The molecule has 0 spiro atoms. The van der Waals surface area contributed by atoms with Gasteiger partial charge in [0.25, 0.3) is 0 Å². The maximum atomic E-state index is 12.7. The van der Waals surface area contributed by atoms with Crippen molar-refractivity contribution in [2.24, 2.45) is 5.73 Å². The highest BCUT2D eigenvalue weighted by atomic mass is 31.2. The minimum Gasteiger partial charge on any atom is -0.462 e. The highest BCUT2D eigenvalue weighted by molar-refractivity contribution is 7.47. The molecule has 0 radical (unpaired) electrons. The van der Waals surface area contributed by atoms with Crippen molar-refractivity contribution in [2.45, 2.75) is 296 Å². The Kier molecular flexibility index (Phi) is 57.6. The first-order valence-corrected chi connectivity index (χ1v) is 32.4. The third-order valence-electron chi connectivity index (χ3n) is 13.3. The monoisotopic (exact) mass is 1060 g/mol. The molecular weight excluding hydrogens is 942 g/mol. The molecule has 0 saturated carbocycles. The number of ether oxygens (including phenoxy) is 2. The van der Waals surface area contributed by atoms with E-state index >= 15 is 0 Å². The van der Waals surface area contributed by atoms with Gasteiger partial charge in [0.1, 0.15) is 6.61 Å². The fourth-order valence-corrected chi connectivity index (χ4v) is 9.54. The second-order valence-corrected chi connectivity index (χ2v) is 22.0. The summed E-state index contributed by atoms with van der Waals surface area (Å²) < 4.78 is 33.1. The molecule has 0 aliphatic rings. The fraction of sp³-hybridized carbons (Fsp3) is 0.781. The van der Waals surface area contributed by atoms with Gasteiger partial charge in [0.2, 0.25) is 0 Å². The van der Waals surface area contributed by atoms with Crippen LogP contribution in [-0.4, -0.2) is 49.3 Å². The molecule has 9 nitrogen and oxygen atoms in total. The standard InChI is InChI=1S/C64H116NO8P/c1-3-5-7-9-11-13-15-17-19-21-23-24-25-26-27-28-29-30-31-32-33-34-35-36-37-38-39-41-43-45-47-49-51-53-55-57-64(67)73-62(61-72-74(68,69)71-59-58-65)60-70-63(66)56-54-52-50-48-46-44-42-40-22-20-18-16-14-12-10-8-6-4-2/h5,7,11,13-14,16-17,19-20,22-24,62H,3-4,6,8-10,12,15,18,21,25-61,65H2,1-2H3,(H,68,69)/b7-5-,13-11-,16-14-,19-17-,22-20-,24-23-. The van der Waals surface area contributed by atoms with Crippen LogP contribution in [0.15, 0.2) is 72.9 Å². The molecule has 0 aliphatic carbocycles. The lowest BCUT2D eigenvalue weighted by Gasteiger charge is -2.19. The van der Waals surface area contributed by atoms with Crippen molar-refractivity contribution in [3.8, 4) is 0 Å². The number of hydrogen-bond acceptors (Lipinski definition) is 8. The van der Waals surface area contributed by atoms with Crippen molar-refractivity contribution in [3.63, 3.8) is 0 Å². The minimum absolute atomic E-state index is 0.0518. The van der Waals surface area contributed by atoms with Gasteiger partial charge in [0.15, 0.2) is 6.10 Å². The zero-order valence-corrected chi connectivity index (χ0v) is 49.0. The molecule has 0 saturated heterocycles. The molecule has 2 unspecified atom stereocenters. The van der Waals surface area contributed by atoms with Crippen LogP contribution in [0.1, 0.15) is 290 Å². The Balaban J connectivity index is 3.85. The summed E-state index contributed by atoms with van der Waals surface area (Å²) in [6.07, 6.45) is 76.9. The van der Waals surface area contributed by atoms with Crippen LogP contribution >= 0.6 is 7.82 Å². The molecule has 3 N–H and O–H groups in total. The van der Waals surface area contributed by atoms with Crippen LogP contribution in [-0.2, 0) is 32.7 Å². The Labute approximate surface area is 456 Å². The Hall–Kier alpha value is -2.55. The van der Waals surface area contributed by atoms with Gasteiger partial charge in [-0.15, -0.1) is 0 Å². The Bertz CT molecular complexity index is 1440. The van der Waals surface area contributed by atoms with Gasteiger partial charge in [-0.3, -0.25) is 18.6 Å². The van der Waals surface area contributed by atoms with Gasteiger partial charge < -0.3 is 20.1 Å². The molecule has 0 heterocycles. The number of hydrogen-bond donors (Lipinski definition) is 2. The summed E-state index contributed by atoms with van der Waals surface area (Å²) in [4.78, 5) is 35.2. The van der Waals surface area contributed by atoms with Crippen molar-refractivity contribution in [3.05, 3.63) is 72.9 Å². The van der Waals surface area contributed by atoms with E-state index in [1.807, 2.05) is 0 Å². The first-order valence-electron chi connectivity index (χ1n) is 30.9. The third-order valence-corrected chi connectivity index (χ3v) is 14.3. The molecule has 0 aromatic rings. The van der Waals surface area contributed by atoms with E-state index in [0.717, 1.165) is 77.0 Å². The molecule has 0 aromatic heterocycles. The topological polar surface area (TPSA) is 134 Å². The van der Waals surface area contributed by atoms with Crippen LogP contribution in [0.25, 0.3) is 0 Å². The van der Waals surface area contributed by atoms with Crippen LogP contribution in [0, 0.1) is 0 Å². The summed E-state index contributed by atoms with van der Waals surface area (Å²) in [5, 5.41) is 0. The molecule has 0 aliphatic heterocycles. The van der Waals surface area contributed by atoms with Crippen molar-refractivity contribution in [1.29, 1.82) is 0 Å². The number of carbonyl (C=O) groups is 2. The van der Waals surface area contributed by atoms with Crippen LogP contribution in [0.4, 0.5) is 0 Å². The first kappa shape index (κ1) is 71.5. The third kappa shape index (κ3) is 58.7. The van der Waals surface area contributed by atoms with Crippen molar-refractivity contribution in [2.75, 3.05) is 26.4 Å². The number of phosphoric ester groups is 1. The van der Waals surface area contributed by atoms with Gasteiger partial charge in [-0.05, 0) is 83.5 Å². The van der Waals surface area contributed by atoms with E-state index in [2.05, 4.69) is 86.8 Å². The summed E-state index contributed by atoms with van der Waals surface area (Å²) in [5.74, 6) is -0.827. The average molecular weight is 1060 g/mol. The predicted octanol–water partition coefficient (Wildman–Crippen LogP) is 19.7. The maximum Gasteiger partial charge on any atom is 0.472 e. The normalized spacial score (nSPS) is 13.5. The quantitative estimate of drug-likeness (QED) is 0.0264. The molecule has 430 valence electrons. The molecule has 10 heteroatoms. The molecule has 74 heavy (non-hydrogen) atoms. The van der Waals surface area contributed by atoms with Gasteiger partial charge in [-0.2, -0.15) is 0 Å². The van der Waals surface area contributed by atoms with E-state index in [-0.39, 0.29) is 38.6 Å². The Morgan fingerprint density at radius 3 is 1.11 bits per heavy atom. The van der Waals surface area contributed by atoms with Crippen LogP contribution in [0.3, 0.4) is 0 Å². The number of phosphoric acid groups is 1. The summed E-state index contributed by atoms with van der Waals surface area (Å²) >= 11 is 0. The molecule has 0 bridgehead atoms. The molecule has 0 amide bonds. The maximum absolute atomic E-state index is 12.7. The lowest BCUT2D eigenvalue weighted by atomic mass is 10.0. The van der Waals surface area contributed by atoms with Crippen molar-refractivity contribution >= 4 is 19.8 Å². The minimum atomic E-state index is -4.39. The summed E-state index contributed by atoms with van der Waals surface area (Å²) in [6, 6.07) is 0. The van der Waals surface area contributed by atoms with Gasteiger partial charge in [-0.1, -0.05) is 267 Å². The Morgan fingerprint density at radius 1 is 0.419 bits per heavy atom. The molecule has 0 rings (SSSR count). The van der Waals surface area contributed by atoms with E-state index in [1.54, 1.807) is 0 Å². The summed E-state index contributed by atoms with van der Waals surface area (Å²) in [6.45, 7) is 3.64. The predicted molar refractivity (Wildman–Crippen MR) is 316 cm³/mol. The Morgan fingerprint density at radius 2 is 0.743 bits per heavy atom. The van der Waals surface area contributed by atoms with Crippen LogP contribution < -0.4 is 5.73 Å². The lowest BCUT2D eigenvalue weighted by Crippen LogP contribution is -2.29. The number of unbranched alkanes of at least 4 members (excludes halogenated alkanes) is 33. The molecule has 0 aromatic carbocycles. The second-order valence-electron chi connectivity index (χ2n) is 20.5. The van der Waals surface area contributed by atoms with E-state index in [4.69, 9.17) is 24.3 Å². The average Bonchev–Trinajstić information content (AvgIpc) is 3.39. The van der Waals surface area contributed by atoms with Gasteiger partial charge >= 0.3 is 19.8 Å². The largest absolute Gasteiger partial charge is 0.472 e. The van der Waals surface area contributed by atoms with E-state index in [1.165, 1.54) is 180 Å². The number of esters is 2. The number of rotatable bonds is 58. The molecule has 0 fully saturated rings. The lowest BCUT2D eigenvalue weighted by molar-refractivity contribution is -0.161. The smallest absolute Gasteiger partial charge is 0.462 e. The first-order chi connectivity index (χ1) is 36.3. The summed E-state index contributed by atoms with van der Waals surface area (Å²) in [5.41, 5.74) is 5.38. The molecular formula is C64H116NO8P. The second kappa shape index (κ2) is 59.7. The van der Waals surface area contributed by atoms with Gasteiger partial charge in [0, 0.05) is 19.4 Å². The SMILES string of the molecule is CC/C=C\C/C=C\C/C=C\C/C=C\CCCCCCCCCCCCCCCCCCCCCCCCC(=O)OC(COC(=O)CCCCCCCCC/C=C\C/C=C\CCCCCC)COP(=O)(O)OCCN. The van der Waals surface area contributed by atoms with Crippen molar-refractivity contribution in [1.82, 2.24) is 0 Å². The van der Waals surface area contributed by atoms with Crippen molar-refractivity contribution < 1.29 is 37.6 Å². The van der Waals surface area contributed by atoms with Gasteiger partial charge in [0.05, 0.1) is 13.2 Å².